The van der Waals surface area contributed by atoms with Crippen molar-refractivity contribution >= 4 is 12.1 Å². The third kappa shape index (κ3) is 14.3. The molecule has 18 nitrogen and oxygen atoms in total. The van der Waals surface area contributed by atoms with E-state index in [9.17, 15) is 19.6 Å². The van der Waals surface area contributed by atoms with Gasteiger partial charge in [-0.1, -0.05) is 51.1 Å². The largest absolute Gasteiger partial charge is 0.496 e. The number of nitrogens with zero attached hydrogens (tertiary/aromatic N) is 4. The second-order valence-electron chi connectivity index (χ2n) is 20.6. The molecule has 0 spiro atoms. The fraction of sp³-hybridized carbons (Fsp3) is 0.843. The van der Waals surface area contributed by atoms with E-state index in [4.69, 9.17) is 42.6 Å². The molecule has 0 aliphatic carbocycles. The van der Waals surface area contributed by atoms with Gasteiger partial charge in [0.15, 0.2) is 18.7 Å². The monoisotopic (exact) mass is 980 g/mol. The van der Waals surface area contributed by atoms with Crippen LogP contribution in [0, 0.1) is 22.7 Å². The number of carbonyl (C=O) groups is 2. The number of esters is 1. The van der Waals surface area contributed by atoms with Crippen molar-refractivity contribution in [3.05, 3.63) is 34.7 Å². The number of cyclic esters (lactones) is 1. The highest BCUT2D eigenvalue weighted by Gasteiger charge is 2.54. The number of rotatable bonds is 17. The SMILES string of the molecule is CC[C@@H]1CN(C)[C@@H](C)C(N=O)[C@H](C)C[C@](C)(OC)[C@H](O[C@@H]2O[C@H](C)C[C@H](N(C)C)[C@H]2O)[C@@H](C)[C@H](O[C@H]2C[C@@](C)(OC)[C@@H](OC(=O)NCCN(CC)[C@@H](C)c3ccccc3OC)[C@H](C)O2)[C@@H](C)C(=O)O1. The minimum absolute atomic E-state index is 0.0390. The van der Waals surface area contributed by atoms with E-state index in [1.807, 2.05) is 104 Å². The second kappa shape index (κ2) is 26.1. The lowest BCUT2D eigenvalue weighted by atomic mass is 9.75. The number of amides is 1. The summed E-state index contributed by atoms with van der Waals surface area (Å²) in [6.45, 7) is 23.3. The maximum atomic E-state index is 14.5. The minimum Gasteiger partial charge on any atom is -0.496 e. The quantitative estimate of drug-likeness (QED) is 0.129. The highest BCUT2D eigenvalue weighted by atomic mass is 16.7. The van der Waals surface area contributed by atoms with Gasteiger partial charge in [-0.2, -0.15) is 4.91 Å². The molecule has 18 heteroatoms. The smallest absolute Gasteiger partial charge is 0.407 e. The molecule has 3 saturated heterocycles. The van der Waals surface area contributed by atoms with Crippen LogP contribution in [0.25, 0.3) is 0 Å². The first-order valence-corrected chi connectivity index (χ1v) is 25.1. The Hall–Kier alpha value is -3.04. The van der Waals surface area contributed by atoms with Gasteiger partial charge in [0.1, 0.15) is 29.6 Å². The maximum absolute atomic E-state index is 14.5. The second-order valence-corrected chi connectivity index (χ2v) is 20.6. The van der Waals surface area contributed by atoms with Gasteiger partial charge in [-0.15, -0.1) is 0 Å². The molecule has 0 saturated carbocycles. The first-order chi connectivity index (χ1) is 32.5. The van der Waals surface area contributed by atoms with E-state index in [1.54, 1.807) is 35.2 Å². The molecule has 1 amide bonds. The molecule has 1 unspecified atom stereocenters. The molecule has 0 radical (unpaired) electrons. The van der Waals surface area contributed by atoms with Crippen molar-refractivity contribution in [2.75, 3.05) is 68.7 Å². The van der Waals surface area contributed by atoms with Gasteiger partial charge in [-0.25, -0.2) is 4.79 Å². The maximum Gasteiger partial charge on any atom is 0.407 e. The molecule has 3 aliphatic rings. The van der Waals surface area contributed by atoms with Crippen molar-refractivity contribution < 1.29 is 57.3 Å². The number of aliphatic hydroxyl groups excluding tert-OH is 1. The van der Waals surface area contributed by atoms with Crippen LogP contribution < -0.4 is 10.1 Å². The van der Waals surface area contributed by atoms with Crippen LogP contribution in [0.5, 0.6) is 5.75 Å². The minimum atomic E-state index is -1.15. The fourth-order valence-electron chi connectivity index (χ4n) is 10.9. The van der Waals surface area contributed by atoms with E-state index < -0.39 is 90.3 Å². The molecule has 2 N–H and O–H groups in total. The standard InChI is InChI=1S/C51H89N5O13/c1-18-37-29-55(14)35(8)42(53-60)30(3)27-50(10,62-16)45(68-48-43(57)39(54(12)13)26-31(4)64-48)32(5)44(33(6)47(58)66-37)67-41-28-51(11,63-17)46(36(9)65-41)69-49(59)52-24-25-56(19-2)34(7)38-22-20-21-23-40(38)61-15/h20-23,30-37,39,41-46,48,57H,18-19,24-29H2,1-17H3,(H,52,59)/t30-,31-,32+,33-,34+,35+,36+,37-,39+,41+,42?,43-,44+,45-,46+,48+,50+,51-/m1/s1. The Labute approximate surface area is 412 Å². The predicted molar refractivity (Wildman–Crippen MR) is 263 cm³/mol. The molecule has 0 bridgehead atoms. The lowest BCUT2D eigenvalue weighted by molar-refractivity contribution is -0.319. The van der Waals surface area contributed by atoms with Gasteiger partial charge in [-0.3, -0.25) is 14.6 Å². The number of alkyl carbamates (subject to hydrolysis) is 1. The lowest BCUT2D eigenvalue weighted by Gasteiger charge is -2.50. The number of methoxy groups -OCH3 is 3. The molecule has 3 fully saturated rings. The number of ether oxygens (including phenoxy) is 9. The molecule has 4 rings (SSSR count). The van der Waals surface area contributed by atoms with Gasteiger partial charge in [0.05, 0.1) is 43.0 Å². The van der Waals surface area contributed by atoms with Crippen LogP contribution in [0.4, 0.5) is 4.79 Å². The Bertz CT molecular complexity index is 1760. The summed E-state index contributed by atoms with van der Waals surface area (Å²) >= 11 is 0. The van der Waals surface area contributed by atoms with E-state index in [2.05, 4.69) is 29.2 Å². The Kier molecular flexibility index (Phi) is 22.1. The lowest BCUT2D eigenvalue weighted by Crippen LogP contribution is -2.61. The Morgan fingerprint density at radius 2 is 1.64 bits per heavy atom. The van der Waals surface area contributed by atoms with Crippen molar-refractivity contribution in [3.8, 4) is 5.75 Å². The number of hydrogen-bond donors (Lipinski definition) is 2. The number of nitroso groups, excluding NO2 is 1. The topological polar surface area (TPSA) is 189 Å². The first kappa shape index (κ1) is 58.5. The van der Waals surface area contributed by atoms with Crippen LogP contribution in [0.3, 0.4) is 0 Å². The molecule has 0 aromatic heterocycles. The van der Waals surface area contributed by atoms with Crippen LogP contribution in [-0.4, -0.2) is 185 Å². The molecular weight excluding hydrogens is 891 g/mol. The van der Waals surface area contributed by atoms with Crippen LogP contribution in [0.1, 0.15) is 113 Å². The van der Waals surface area contributed by atoms with Gasteiger partial charge >= 0.3 is 12.1 Å². The highest BCUT2D eigenvalue weighted by Crippen LogP contribution is 2.42. The fourth-order valence-corrected chi connectivity index (χ4v) is 10.9. The highest BCUT2D eigenvalue weighted by molar-refractivity contribution is 5.73. The number of aliphatic hydroxyl groups is 1. The number of carbonyl (C=O) groups excluding carboxylic acids is 2. The Balaban J connectivity index is 1.66. The molecule has 69 heavy (non-hydrogen) atoms. The summed E-state index contributed by atoms with van der Waals surface area (Å²) in [7, 11) is 10.5. The molecule has 396 valence electrons. The van der Waals surface area contributed by atoms with E-state index in [0.717, 1.165) is 17.9 Å². The zero-order valence-corrected chi connectivity index (χ0v) is 44.8. The summed E-state index contributed by atoms with van der Waals surface area (Å²) in [6, 6.07) is 6.73. The zero-order valence-electron chi connectivity index (χ0n) is 44.8. The summed E-state index contributed by atoms with van der Waals surface area (Å²) < 4.78 is 57.6. The first-order valence-electron chi connectivity index (χ1n) is 25.1. The summed E-state index contributed by atoms with van der Waals surface area (Å²) in [6.07, 6.45) is -6.25. The Morgan fingerprint density at radius 1 is 0.986 bits per heavy atom. The van der Waals surface area contributed by atoms with Crippen molar-refractivity contribution in [3.63, 3.8) is 0 Å². The van der Waals surface area contributed by atoms with Gasteiger partial charge in [0.25, 0.3) is 0 Å². The average molecular weight is 980 g/mol. The summed E-state index contributed by atoms with van der Waals surface area (Å²) in [5.41, 5.74) is -1.17. The van der Waals surface area contributed by atoms with Gasteiger partial charge in [-0.05, 0) is 107 Å². The Morgan fingerprint density at radius 3 is 2.23 bits per heavy atom. The molecule has 1 aromatic rings. The van der Waals surface area contributed by atoms with E-state index in [1.165, 1.54) is 0 Å². The summed E-state index contributed by atoms with van der Waals surface area (Å²) in [5.74, 6) is -1.52. The van der Waals surface area contributed by atoms with Crippen LogP contribution in [-0.2, 0) is 42.7 Å². The van der Waals surface area contributed by atoms with Crippen molar-refractivity contribution in [1.82, 2.24) is 20.0 Å². The van der Waals surface area contributed by atoms with Crippen LogP contribution in [0.15, 0.2) is 29.4 Å². The molecular formula is C51H89N5O13. The van der Waals surface area contributed by atoms with Crippen LogP contribution in [0.2, 0.25) is 0 Å². The molecule has 18 atom stereocenters. The molecule has 1 aromatic carbocycles. The summed E-state index contributed by atoms with van der Waals surface area (Å²) in [5, 5.41) is 18.4. The number of hydrogen-bond acceptors (Lipinski definition) is 17. The van der Waals surface area contributed by atoms with Gasteiger partial charge < -0.3 is 58.0 Å². The number of benzene rings is 1. The van der Waals surface area contributed by atoms with Crippen LogP contribution >= 0.6 is 0 Å². The van der Waals surface area contributed by atoms with Crippen molar-refractivity contribution in [2.24, 2.45) is 22.9 Å². The van der Waals surface area contributed by atoms with Crippen molar-refractivity contribution in [1.29, 1.82) is 0 Å². The zero-order chi connectivity index (χ0) is 51.5. The molecule has 3 heterocycles. The van der Waals surface area contributed by atoms with Crippen molar-refractivity contribution in [2.45, 2.75) is 193 Å². The summed E-state index contributed by atoms with van der Waals surface area (Å²) in [4.78, 5) is 46.9. The van der Waals surface area contributed by atoms with Gasteiger partial charge in [0, 0.05) is 69.9 Å². The average Bonchev–Trinajstić information content (AvgIpc) is 3.32. The predicted octanol–water partition coefficient (Wildman–Crippen LogP) is 6.40. The van der Waals surface area contributed by atoms with E-state index in [-0.39, 0.29) is 36.6 Å². The number of likely N-dealkylation sites (N-methyl/N-ethyl adjacent to an activating group) is 3. The van der Waals surface area contributed by atoms with E-state index in [0.29, 0.717) is 38.9 Å². The number of nitrogens with one attached hydrogen (secondary N) is 1. The third-order valence-electron chi connectivity index (χ3n) is 15.5. The normalized spacial score (nSPS) is 38.2. The number of para-hydroxylation sites is 1. The molecule has 3 aliphatic heterocycles. The van der Waals surface area contributed by atoms with E-state index >= 15 is 0 Å². The van der Waals surface area contributed by atoms with Gasteiger partial charge in [0.2, 0.25) is 0 Å². The third-order valence-corrected chi connectivity index (χ3v) is 15.5.